The van der Waals surface area contributed by atoms with Crippen molar-refractivity contribution in [3.8, 4) is 0 Å². The summed E-state index contributed by atoms with van der Waals surface area (Å²) in [7, 11) is 0. The van der Waals surface area contributed by atoms with Crippen molar-refractivity contribution in [1.82, 2.24) is 9.80 Å². The van der Waals surface area contributed by atoms with E-state index in [4.69, 9.17) is 4.74 Å². The summed E-state index contributed by atoms with van der Waals surface area (Å²) in [6, 6.07) is 3.23. The van der Waals surface area contributed by atoms with Gasteiger partial charge in [0.1, 0.15) is 11.6 Å². The molecule has 3 heterocycles. The van der Waals surface area contributed by atoms with Crippen LogP contribution >= 0.6 is 0 Å². The molecule has 29 heavy (non-hydrogen) atoms. The number of carbonyl (C=O) groups excluding carboxylic acids is 1. The normalized spacial score (nSPS) is 28.3. The number of nitrogens with zero attached hydrogens (tertiary/aromatic N) is 2. The first-order valence-corrected chi connectivity index (χ1v) is 11.1. The number of carbonyl (C=O) groups is 1. The van der Waals surface area contributed by atoms with E-state index in [0.717, 1.165) is 76.4 Å². The lowest BCUT2D eigenvalue weighted by Crippen LogP contribution is -2.50. The number of piperidine rings is 2. The fourth-order valence-electron chi connectivity index (χ4n) is 5.39. The van der Waals surface area contributed by atoms with Gasteiger partial charge >= 0.3 is 0 Å². The quantitative estimate of drug-likeness (QED) is 0.733. The summed E-state index contributed by atoms with van der Waals surface area (Å²) >= 11 is 0. The molecule has 160 valence electrons. The first kappa shape index (κ1) is 20.7. The van der Waals surface area contributed by atoms with Crippen molar-refractivity contribution < 1.29 is 18.3 Å². The zero-order chi connectivity index (χ0) is 20.5. The van der Waals surface area contributed by atoms with Crippen molar-refractivity contribution in [2.75, 3.05) is 19.6 Å². The highest BCUT2D eigenvalue weighted by Gasteiger charge is 2.45. The summed E-state index contributed by atoms with van der Waals surface area (Å²) in [4.78, 5) is 17.2. The molecule has 0 radical (unpaired) electrons. The molecule has 0 aliphatic carbocycles. The van der Waals surface area contributed by atoms with Crippen LogP contribution in [-0.2, 0) is 4.74 Å². The largest absolute Gasteiger partial charge is 0.375 e. The monoisotopic (exact) mass is 406 g/mol. The summed E-state index contributed by atoms with van der Waals surface area (Å²) in [6.45, 7) is 7.83. The first-order chi connectivity index (χ1) is 13.9. The van der Waals surface area contributed by atoms with Crippen LogP contribution in [0.3, 0.4) is 0 Å². The van der Waals surface area contributed by atoms with Crippen molar-refractivity contribution >= 4 is 5.91 Å². The van der Waals surface area contributed by atoms with E-state index in [1.807, 2.05) is 0 Å². The molecule has 2 bridgehead atoms. The molecule has 1 unspecified atom stereocenters. The molecule has 3 atom stereocenters. The zero-order valence-corrected chi connectivity index (χ0v) is 17.4. The smallest absolute Gasteiger partial charge is 0.257 e. The van der Waals surface area contributed by atoms with Gasteiger partial charge in [-0.2, -0.15) is 0 Å². The Balaban J connectivity index is 1.34. The molecule has 3 aliphatic heterocycles. The van der Waals surface area contributed by atoms with Gasteiger partial charge < -0.3 is 14.5 Å². The lowest BCUT2D eigenvalue weighted by atomic mass is 9.97. The SMILES string of the molecule is CC(C)CN1CCC(OC2C[C@H]3CC[C@@H](C2)N3C(=O)c2cc(F)ccc2F)CC1. The van der Waals surface area contributed by atoms with Gasteiger partial charge in [-0.1, -0.05) is 13.8 Å². The minimum absolute atomic E-state index is 0.0648. The Labute approximate surface area is 172 Å². The van der Waals surface area contributed by atoms with Crippen LogP contribution in [0.15, 0.2) is 18.2 Å². The maximum Gasteiger partial charge on any atom is 0.257 e. The second kappa shape index (κ2) is 8.68. The van der Waals surface area contributed by atoms with Crippen molar-refractivity contribution in [3.63, 3.8) is 0 Å². The average molecular weight is 407 g/mol. The lowest BCUT2D eigenvalue weighted by molar-refractivity contribution is -0.0749. The zero-order valence-electron chi connectivity index (χ0n) is 17.4. The van der Waals surface area contributed by atoms with Gasteiger partial charge in [-0.25, -0.2) is 8.78 Å². The summed E-state index contributed by atoms with van der Waals surface area (Å²) in [5.74, 6) is -0.922. The van der Waals surface area contributed by atoms with Crippen LogP contribution in [0.25, 0.3) is 0 Å². The van der Waals surface area contributed by atoms with E-state index in [1.54, 1.807) is 4.90 Å². The number of ether oxygens (including phenoxy) is 1. The fourth-order valence-corrected chi connectivity index (χ4v) is 5.39. The Morgan fingerprint density at radius 2 is 1.72 bits per heavy atom. The van der Waals surface area contributed by atoms with Crippen molar-refractivity contribution in [1.29, 1.82) is 0 Å². The maximum atomic E-state index is 14.1. The molecule has 4 nitrogen and oxygen atoms in total. The predicted molar refractivity (Wildman–Crippen MR) is 108 cm³/mol. The molecule has 6 heteroatoms. The number of rotatable bonds is 5. The van der Waals surface area contributed by atoms with Gasteiger partial charge in [0.25, 0.3) is 5.91 Å². The van der Waals surface area contributed by atoms with Gasteiger partial charge in [-0.05, 0) is 62.6 Å². The molecule has 1 aromatic rings. The average Bonchev–Trinajstić information content (AvgIpc) is 2.95. The van der Waals surface area contributed by atoms with Crippen LogP contribution in [0.2, 0.25) is 0 Å². The highest BCUT2D eigenvalue weighted by atomic mass is 19.1. The predicted octanol–water partition coefficient (Wildman–Crippen LogP) is 4.24. The summed E-state index contributed by atoms with van der Waals surface area (Å²) in [5, 5.41) is 0. The van der Waals surface area contributed by atoms with Crippen LogP contribution in [0.5, 0.6) is 0 Å². The highest BCUT2D eigenvalue weighted by Crippen LogP contribution is 2.39. The van der Waals surface area contributed by atoms with E-state index in [9.17, 15) is 13.6 Å². The molecule has 3 fully saturated rings. The standard InChI is InChI=1S/C23H32F2N2O2/c1-15(2)14-26-9-7-19(8-10-26)29-20-12-17-4-5-18(13-20)27(17)23(28)21-11-16(24)3-6-22(21)25/h3,6,11,15,17-20H,4-5,7-10,12-14H2,1-2H3/t17-,18+,20?. The van der Waals surface area contributed by atoms with Gasteiger partial charge in [-0.15, -0.1) is 0 Å². The Morgan fingerprint density at radius 3 is 2.34 bits per heavy atom. The summed E-state index contributed by atoms with van der Waals surface area (Å²) in [6.07, 6.45) is 6.02. The molecule has 1 amide bonds. The number of benzene rings is 1. The van der Waals surface area contributed by atoms with Gasteiger partial charge in [0.15, 0.2) is 0 Å². The third kappa shape index (κ3) is 4.64. The van der Waals surface area contributed by atoms with E-state index in [1.165, 1.54) is 0 Å². The van der Waals surface area contributed by atoms with E-state index in [2.05, 4.69) is 18.7 Å². The second-order valence-electron chi connectivity index (χ2n) is 9.34. The fraction of sp³-hybridized carbons (Fsp3) is 0.696. The minimum Gasteiger partial charge on any atom is -0.375 e. The van der Waals surface area contributed by atoms with Gasteiger partial charge in [0, 0.05) is 31.7 Å². The number of halogens is 2. The molecule has 4 rings (SSSR count). The van der Waals surface area contributed by atoms with Gasteiger partial charge in [0.2, 0.25) is 0 Å². The molecule has 3 aliphatic rings. The molecule has 0 saturated carbocycles. The highest BCUT2D eigenvalue weighted by molar-refractivity contribution is 5.95. The Hall–Kier alpha value is -1.53. The van der Waals surface area contributed by atoms with Crippen molar-refractivity contribution in [2.45, 2.75) is 76.7 Å². The number of amides is 1. The van der Waals surface area contributed by atoms with Crippen LogP contribution in [0.1, 0.15) is 62.7 Å². The topological polar surface area (TPSA) is 32.8 Å². The van der Waals surface area contributed by atoms with Crippen molar-refractivity contribution in [2.24, 2.45) is 5.92 Å². The maximum absolute atomic E-state index is 14.1. The molecular formula is C23H32F2N2O2. The summed E-state index contributed by atoms with van der Waals surface area (Å²) in [5.41, 5.74) is -0.154. The molecule has 0 N–H and O–H groups in total. The number of likely N-dealkylation sites (tertiary alicyclic amines) is 1. The molecule has 1 aromatic carbocycles. The van der Waals surface area contributed by atoms with E-state index in [-0.39, 0.29) is 29.7 Å². The Kier molecular flexibility index (Phi) is 6.21. The molecule has 0 aromatic heterocycles. The van der Waals surface area contributed by atoms with Gasteiger partial charge in [-0.3, -0.25) is 4.79 Å². The molecular weight excluding hydrogens is 374 g/mol. The van der Waals surface area contributed by atoms with Crippen LogP contribution in [0.4, 0.5) is 8.78 Å². The van der Waals surface area contributed by atoms with E-state index in [0.29, 0.717) is 12.0 Å². The molecule has 0 spiro atoms. The number of hydrogen-bond acceptors (Lipinski definition) is 3. The summed E-state index contributed by atoms with van der Waals surface area (Å²) < 4.78 is 34.1. The third-order valence-corrected chi connectivity index (χ3v) is 6.63. The molecule has 3 saturated heterocycles. The van der Waals surface area contributed by atoms with Crippen LogP contribution < -0.4 is 0 Å². The van der Waals surface area contributed by atoms with Crippen molar-refractivity contribution in [3.05, 3.63) is 35.4 Å². The third-order valence-electron chi connectivity index (χ3n) is 6.63. The van der Waals surface area contributed by atoms with Gasteiger partial charge in [0.05, 0.1) is 17.8 Å². The Bertz CT molecular complexity index is 720. The van der Waals surface area contributed by atoms with Crippen LogP contribution in [-0.4, -0.2) is 59.6 Å². The van der Waals surface area contributed by atoms with E-state index >= 15 is 0 Å². The first-order valence-electron chi connectivity index (χ1n) is 11.1. The Morgan fingerprint density at radius 1 is 1.07 bits per heavy atom. The minimum atomic E-state index is -0.651. The second-order valence-corrected chi connectivity index (χ2v) is 9.34. The number of hydrogen-bond donors (Lipinski definition) is 0. The van der Waals surface area contributed by atoms with E-state index < -0.39 is 11.6 Å². The number of fused-ring (bicyclic) bond motifs is 2. The lowest BCUT2D eigenvalue weighted by Gasteiger charge is -2.41. The van der Waals surface area contributed by atoms with Crippen LogP contribution in [0, 0.1) is 17.6 Å².